The Morgan fingerprint density at radius 3 is 2.09 bits per heavy atom. The molecular formula is C22H26B2O10-2. The van der Waals surface area contributed by atoms with E-state index in [1.54, 1.807) is 50.6 Å². The maximum Gasteiger partial charge on any atom is 0.409 e. The van der Waals surface area contributed by atoms with Gasteiger partial charge in [0.1, 0.15) is 30.0 Å². The molecule has 0 aromatic heterocycles. The highest BCUT2D eigenvalue weighted by Crippen LogP contribution is 2.40. The van der Waals surface area contributed by atoms with Crippen LogP contribution < -0.4 is 20.4 Å². The molecule has 3 fully saturated rings. The van der Waals surface area contributed by atoms with Crippen molar-refractivity contribution in [1.29, 1.82) is 0 Å². The molecule has 0 saturated carbocycles. The SMILES string of the molecule is COc1ccc2cc1Cc1cc(ccc1OC)[B-]1(O)OC[C@@H](O1)[C@H]1O[C@@H]3O[B-]2(O)O[C@@H]3[C@H]1OC. The molecule has 0 aliphatic carbocycles. The van der Waals surface area contributed by atoms with Crippen LogP contribution in [0.2, 0.25) is 0 Å². The molecule has 7 rings (SSSR count). The minimum atomic E-state index is -2.84. The van der Waals surface area contributed by atoms with E-state index in [0.717, 1.165) is 11.1 Å². The Hall–Kier alpha value is -2.15. The van der Waals surface area contributed by atoms with Gasteiger partial charge in [-0.2, -0.15) is 0 Å². The molecule has 12 heteroatoms. The fourth-order valence-electron chi connectivity index (χ4n) is 5.47. The number of hydrogen-bond donors (Lipinski definition) is 2. The summed E-state index contributed by atoms with van der Waals surface area (Å²) in [6.07, 6.45) is -3.07. The van der Waals surface area contributed by atoms with Gasteiger partial charge in [0.2, 0.25) is 0 Å². The van der Waals surface area contributed by atoms with Gasteiger partial charge in [-0.05, 0) is 23.3 Å². The van der Waals surface area contributed by atoms with Crippen LogP contribution in [-0.2, 0) is 34.5 Å². The zero-order valence-electron chi connectivity index (χ0n) is 19.1. The predicted molar refractivity (Wildman–Crippen MR) is 120 cm³/mol. The van der Waals surface area contributed by atoms with E-state index in [4.69, 9.17) is 37.6 Å². The molecule has 3 saturated heterocycles. The van der Waals surface area contributed by atoms with Crippen molar-refractivity contribution in [3.63, 3.8) is 0 Å². The summed E-state index contributed by atoms with van der Waals surface area (Å²) in [7, 11) is 4.68. The highest BCUT2D eigenvalue weighted by molar-refractivity contribution is 6.75. The number of ether oxygens (including phenoxy) is 4. The largest absolute Gasteiger partial charge is 0.555 e. The van der Waals surface area contributed by atoms with Gasteiger partial charge < -0.3 is 47.6 Å². The van der Waals surface area contributed by atoms with Crippen LogP contribution in [0.1, 0.15) is 11.1 Å². The molecule has 34 heavy (non-hydrogen) atoms. The van der Waals surface area contributed by atoms with Gasteiger partial charge in [-0.3, -0.25) is 0 Å². The monoisotopic (exact) mass is 472 g/mol. The quantitative estimate of drug-likeness (QED) is 0.549. The Kier molecular flexibility index (Phi) is 5.21. The minimum absolute atomic E-state index is 0.0874. The van der Waals surface area contributed by atoms with Crippen LogP contribution in [0.4, 0.5) is 0 Å². The van der Waals surface area contributed by atoms with E-state index >= 15 is 0 Å². The third kappa shape index (κ3) is 3.29. The molecule has 5 aliphatic heterocycles. The Morgan fingerprint density at radius 2 is 1.47 bits per heavy atom. The average molecular weight is 472 g/mol. The molecular weight excluding hydrogens is 446 g/mol. The molecule has 0 radical (unpaired) electrons. The summed E-state index contributed by atoms with van der Waals surface area (Å²) >= 11 is 0. The molecule has 2 unspecified atom stereocenters. The molecule has 2 aromatic carbocycles. The second-order valence-electron chi connectivity index (χ2n) is 9.08. The third-order valence-corrected chi connectivity index (χ3v) is 7.18. The van der Waals surface area contributed by atoms with E-state index in [1.165, 1.54) is 7.11 Å². The maximum absolute atomic E-state index is 11.4. The van der Waals surface area contributed by atoms with Crippen LogP contribution >= 0.6 is 0 Å². The molecule has 10 nitrogen and oxygen atoms in total. The molecule has 10 bridgehead atoms. The van der Waals surface area contributed by atoms with Crippen LogP contribution in [0.5, 0.6) is 11.5 Å². The predicted octanol–water partition coefficient (Wildman–Crippen LogP) is -0.845. The molecule has 5 aliphatic rings. The Morgan fingerprint density at radius 1 is 0.824 bits per heavy atom. The number of hydrogen-bond acceptors (Lipinski definition) is 10. The van der Waals surface area contributed by atoms with Crippen LogP contribution in [0, 0.1) is 0 Å². The zero-order chi connectivity index (χ0) is 23.7. The molecule has 182 valence electrons. The third-order valence-electron chi connectivity index (χ3n) is 7.18. The Bertz CT molecular complexity index is 1120. The van der Waals surface area contributed by atoms with Crippen molar-refractivity contribution < 1.29 is 47.6 Å². The lowest BCUT2D eigenvalue weighted by molar-refractivity contribution is -0.117. The van der Waals surface area contributed by atoms with Gasteiger partial charge in [-0.25, -0.2) is 0 Å². The van der Waals surface area contributed by atoms with Crippen molar-refractivity contribution in [3.05, 3.63) is 47.5 Å². The number of benzene rings is 2. The smallest absolute Gasteiger partial charge is 0.409 e. The van der Waals surface area contributed by atoms with Gasteiger partial charge in [-0.1, -0.05) is 24.3 Å². The number of methoxy groups -OCH3 is 3. The second kappa shape index (κ2) is 7.94. The molecule has 5 heterocycles. The van der Waals surface area contributed by atoms with Crippen LogP contribution in [-0.4, -0.2) is 82.2 Å². The standard InChI is InChI=1S/C22H26B2O10/c1-27-16-6-4-14-9-12(16)8-13-10-15(5-7-17(13)28-2)24(26)33-21-20(29-3)19(31-22(21)34-24)18-11-30-23(14,25)32-18/h4-7,9-10,18-22,25-26H,8,11H2,1-3H3/q-2/t18-,19-,20+,21-,22-,23?,24?/m1/s1. The van der Waals surface area contributed by atoms with Crippen molar-refractivity contribution in [2.75, 3.05) is 27.9 Å². The first-order valence-electron chi connectivity index (χ1n) is 11.3. The fraction of sp³-hybridized carbons (Fsp3) is 0.455. The first kappa shape index (κ1) is 22.3. The molecule has 0 spiro atoms. The summed E-state index contributed by atoms with van der Waals surface area (Å²) in [6, 6.07) is 10.5. The van der Waals surface area contributed by atoms with Crippen molar-refractivity contribution >= 4 is 24.4 Å². The second-order valence-corrected chi connectivity index (χ2v) is 9.08. The zero-order valence-corrected chi connectivity index (χ0v) is 19.1. The summed E-state index contributed by atoms with van der Waals surface area (Å²) in [5.74, 6) is 1.24. The van der Waals surface area contributed by atoms with E-state index < -0.39 is 44.2 Å². The lowest BCUT2D eigenvalue weighted by atomic mass is 9.68. The van der Waals surface area contributed by atoms with Gasteiger partial charge >= 0.3 is 13.5 Å². The Balaban J connectivity index is 1.52. The van der Waals surface area contributed by atoms with Gasteiger partial charge in [-0.15, -0.1) is 10.9 Å². The lowest BCUT2D eigenvalue weighted by Crippen LogP contribution is -2.54. The Labute approximate surface area is 196 Å². The summed E-state index contributed by atoms with van der Waals surface area (Å²) in [5.41, 5.74) is 2.47. The normalized spacial score (nSPS) is 38.0. The maximum atomic E-state index is 11.4. The van der Waals surface area contributed by atoms with E-state index in [1.807, 2.05) is 0 Å². The highest BCUT2D eigenvalue weighted by Gasteiger charge is 2.57. The molecule has 2 N–H and O–H groups in total. The van der Waals surface area contributed by atoms with Gasteiger partial charge in [0, 0.05) is 20.1 Å². The summed E-state index contributed by atoms with van der Waals surface area (Å²) in [5, 5.41) is 22.7. The highest BCUT2D eigenvalue weighted by atomic mass is 16.8. The molecule has 0 amide bonds. The van der Waals surface area contributed by atoms with Crippen molar-refractivity contribution in [2.24, 2.45) is 0 Å². The summed E-state index contributed by atoms with van der Waals surface area (Å²) in [4.78, 5) is 0. The first-order valence-corrected chi connectivity index (χ1v) is 11.3. The van der Waals surface area contributed by atoms with Crippen molar-refractivity contribution in [3.8, 4) is 11.5 Å². The van der Waals surface area contributed by atoms with E-state index in [-0.39, 0.29) is 6.61 Å². The topological polar surface area (TPSA) is 114 Å². The van der Waals surface area contributed by atoms with Crippen LogP contribution in [0.25, 0.3) is 0 Å². The first-order chi connectivity index (χ1) is 16.4. The minimum Gasteiger partial charge on any atom is -0.555 e. The van der Waals surface area contributed by atoms with Crippen LogP contribution in [0.15, 0.2) is 36.4 Å². The van der Waals surface area contributed by atoms with Gasteiger partial charge in [0.05, 0.1) is 26.4 Å². The molecule has 2 aromatic rings. The lowest BCUT2D eigenvalue weighted by Gasteiger charge is -2.35. The summed E-state index contributed by atoms with van der Waals surface area (Å²) < 4.78 is 46.7. The van der Waals surface area contributed by atoms with Gasteiger partial charge in [0.15, 0.2) is 0 Å². The van der Waals surface area contributed by atoms with Crippen molar-refractivity contribution in [2.45, 2.75) is 37.1 Å². The van der Waals surface area contributed by atoms with E-state index in [9.17, 15) is 10.0 Å². The molecule has 7 atom stereocenters. The summed E-state index contributed by atoms with van der Waals surface area (Å²) in [6.45, 7) is -5.52. The average Bonchev–Trinajstić information content (AvgIpc) is 3.49. The van der Waals surface area contributed by atoms with Crippen molar-refractivity contribution in [1.82, 2.24) is 0 Å². The fourth-order valence-corrected chi connectivity index (χ4v) is 5.47. The number of rotatable bonds is 3. The van der Waals surface area contributed by atoms with E-state index in [0.29, 0.717) is 28.8 Å². The van der Waals surface area contributed by atoms with E-state index in [2.05, 4.69) is 0 Å². The van der Waals surface area contributed by atoms with Gasteiger partial charge in [0.25, 0.3) is 0 Å². The van der Waals surface area contributed by atoms with Crippen LogP contribution in [0.3, 0.4) is 0 Å².